The van der Waals surface area contributed by atoms with Crippen LogP contribution in [0.3, 0.4) is 0 Å². The highest BCUT2D eigenvalue weighted by Crippen LogP contribution is 2.64. The largest absolute Gasteiger partial charge is 0.458 e. The molecule has 1 aromatic heterocycles. The molecule has 48 heavy (non-hydrogen) atoms. The Morgan fingerprint density at radius 1 is 0.625 bits per heavy atom. The summed E-state index contributed by atoms with van der Waals surface area (Å²) in [6, 6.07) is 43.4. The monoisotopic (exact) mass is 622 g/mol. The Balaban J connectivity index is 1.07. The number of aromatic nitrogens is 1. The van der Waals surface area contributed by atoms with Crippen LogP contribution in [0.2, 0.25) is 0 Å². The average molecular weight is 623 g/mol. The van der Waals surface area contributed by atoms with Gasteiger partial charge in [-0.05, 0) is 105 Å². The van der Waals surface area contributed by atoms with Crippen LogP contribution in [-0.2, 0) is 10.8 Å². The molecule has 2 aliphatic carbocycles. The van der Waals surface area contributed by atoms with Gasteiger partial charge in [0.25, 0.3) is 6.71 Å². The molecule has 4 aliphatic rings. The van der Waals surface area contributed by atoms with Crippen LogP contribution in [0.1, 0.15) is 44.7 Å². The van der Waals surface area contributed by atoms with Crippen LogP contribution >= 0.6 is 0 Å². The van der Waals surface area contributed by atoms with E-state index >= 15 is 0 Å². The third-order valence-electron chi connectivity index (χ3n) is 11.4. The van der Waals surface area contributed by atoms with Crippen molar-refractivity contribution in [2.45, 2.75) is 44.4 Å². The summed E-state index contributed by atoms with van der Waals surface area (Å²) in [4.78, 5) is 6.96. The molecule has 0 bridgehead atoms. The molecule has 0 radical (unpaired) electrons. The molecule has 5 heteroatoms. The van der Waals surface area contributed by atoms with Gasteiger partial charge >= 0.3 is 0 Å². The number of hydrogen-bond donors (Lipinski definition) is 0. The van der Waals surface area contributed by atoms with Gasteiger partial charge in [-0.3, -0.25) is 0 Å². The lowest BCUT2D eigenvalue weighted by molar-refractivity contribution is 0.391. The molecule has 2 atom stereocenters. The Labute approximate surface area is 282 Å². The summed E-state index contributed by atoms with van der Waals surface area (Å²) in [5.74, 6) is 3.91. The van der Waals surface area contributed by atoms with Crippen molar-refractivity contribution >= 4 is 40.2 Å². The number of para-hydroxylation sites is 2. The molecule has 1 saturated carbocycles. The predicted molar refractivity (Wildman–Crippen MR) is 195 cm³/mol. The Kier molecular flexibility index (Phi) is 5.71. The molecule has 2 aliphatic heterocycles. The van der Waals surface area contributed by atoms with Crippen molar-refractivity contribution in [3.05, 3.63) is 139 Å². The van der Waals surface area contributed by atoms with Gasteiger partial charge < -0.3 is 14.4 Å². The van der Waals surface area contributed by atoms with Gasteiger partial charge in [0.05, 0.1) is 0 Å². The smallest absolute Gasteiger partial charge is 0.262 e. The van der Waals surface area contributed by atoms with E-state index in [1.807, 2.05) is 18.2 Å². The first-order valence-corrected chi connectivity index (χ1v) is 17.1. The number of anilines is 3. The fraction of sp³-hybridized carbons (Fsp3) is 0.186. The third-order valence-corrected chi connectivity index (χ3v) is 11.4. The van der Waals surface area contributed by atoms with Crippen LogP contribution < -0.4 is 30.8 Å². The molecular weight excluding hydrogens is 587 g/mol. The molecule has 5 aromatic carbocycles. The number of nitrogens with zero attached hydrogens (tertiary/aromatic N) is 2. The van der Waals surface area contributed by atoms with E-state index in [2.05, 4.69) is 129 Å². The second kappa shape index (κ2) is 9.87. The first-order chi connectivity index (χ1) is 23.4. The van der Waals surface area contributed by atoms with Gasteiger partial charge in [0.2, 0.25) is 5.88 Å². The molecule has 232 valence electrons. The number of fused-ring (bicyclic) bond motifs is 7. The van der Waals surface area contributed by atoms with Crippen LogP contribution in [0.25, 0.3) is 11.1 Å². The maximum Gasteiger partial charge on any atom is 0.262 e. The van der Waals surface area contributed by atoms with E-state index in [1.165, 1.54) is 35.1 Å². The molecule has 0 spiro atoms. The average Bonchev–Trinajstić information content (AvgIpc) is 3.78. The van der Waals surface area contributed by atoms with E-state index in [0.717, 1.165) is 56.6 Å². The SMILES string of the molecule is CC1(C)CC2CC2(C)c2cc(-c3ccc4c(c3)Oc3ccnc5c3B4c3ccc(N(c4ccccc4)c4ccccc4)cc3O5)ccc21. The van der Waals surface area contributed by atoms with Gasteiger partial charge in [-0.1, -0.05) is 93.6 Å². The molecular formula is C43H35BN2O2. The quantitative estimate of drug-likeness (QED) is 0.184. The summed E-state index contributed by atoms with van der Waals surface area (Å²) in [6.45, 7) is 7.23. The number of ether oxygens (including phenoxy) is 2. The Morgan fingerprint density at radius 2 is 1.29 bits per heavy atom. The number of pyridine rings is 1. The van der Waals surface area contributed by atoms with E-state index in [9.17, 15) is 0 Å². The number of benzene rings is 5. The zero-order chi connectivity index (χ0) is 32.2. The fourth-order valence-electron chi connectivity index (χ4n) is 8.80. The maximum atomic E-state index is 6.65. The summed E-state index contributed by atoms with van der Waals surface area (Å²) in [6.07, 6.45) is 4.36. The lowest BCUT2D eigenvalue weighted by Gasteiger charge is -2.36. The summed E-state index contributed by atoms with van der Waals surface area (Å²) in [7, 11) is 0. The Bertz CT molecular complexity index is 2230. The Hall–Kier alpha value is -5.29. The highest BCUT2D eigenvalue weighted by molar-refractivity contribution is 6.98. The second-order valence-corrected chi connectivity index (χ2v) is 14.8. The van der Waals surface area contributed by atoms with Gasteiger partial charge in [-0.15, -0.1) is 0 Å². The molecule has 2 unspecified atom stereocenters. The molecule has 1 fully saturated rings. The van der Waals surface area contributed by atoms with E-state index in [1.54, 1.807) is 6.20 Å². The van der Waals surface area contributed by atoms with E-state index in [0.29, 0.717) is 11.3 Å². The normalized spacial score (nSPS) is 20.1. The minimum Gasteiger partial charge on any atom is -0.458 e. The van der Waals surface area contributed by atoms with Gasteiger partial charge in [-0.2, -0.15) is 0 Å². The summed E-state index contributed by atoms with van der Waals surface area (Å²) < 4.78 is 13.2. The Morgan fingerprint density at radius 3 is 2.04 bits per heavy atom. The summed E-state index contributed by atoms with van der Waals surface area (Å²) >= 11 is 0. The maximum absolute atomic E-state index is 6.65. The van der Waals surface area contributed by atoms with Crippen molar-refractivity contribution in [2.24, 2.45) is 5.92 Å². The van der Waals surface area contributed by atoms with Crippen LogP contribution in [0.15, 0.2) is 128 Å². The van der Waals surface area contributed by atoms with Gasteiger partial charge in [0, 0.05) is 34.8 Å². The van der Waals surface area contributed by atoms with Crippen LogP contribution in [0.5, 0.6) is 23.1 Å². The lowest BCUT2D eigenvalue weighted by atomic mass is 9.35. The third kappa shape index (κ3) is 4.06. The summed E-state index contributed by atoms with van der Waals surface area (Å²) in [5, 5.41) is 0. The van der Waals surface area contributed by atoms with E-state index in [-0.39, 0.29) is 12.1 Å². The highest BCUT2D eigenvalue weighted by Gasteiger charge is 2.57. The molecule has 0 N–H and O–H groups in total. The van der Waals surface area contributed by atoms with Crippen LogP contribution in [-0.4, -0.2) is 11.7 Å². The molecule has 0 amide bonds. The van der Waals surface area contributed by atoms with Gasteiger partial charge in [-0.25, -0.2) is 4.98 Å². The number of hydrogen-bond acceptors (Lipinski definition) is 4. The van der Waals surface area contributed by atoms with Gasteiger partial charge in [0.1, 0.15) is 17.2 Å². The van der Waals surface area contributed by atoms with Crippen molar-refractivity contribution < 1.29 is 9.47 Å². The van der Waals surface area contributed by atoms with Crippen LogP contribution in [0.4, 0.5) is 17.1 Å². The van der Waals surface area contributed by atoms with Crippen molar-refractivity contribution in [1.29, 1.82) is 0 Å². The van der Waals surface area contributed by atoms with E-state index < -0.39 is 0 Å². The fourth-order valence-corrected chi connectivity index (χ4v) is 8.80. The van der Waals surface area contributed by atoms with Gasteiger partial charge in [0.15, 0.2) is 0 Å². The minimum absolute atomic E-state index is 0.0448. The first kappa shape index (κ1) is 27.8. The lowest BCUT2D eigenvalue weighted by Crippen LogP contribution is -2.57. The zero-order valence-electron chi connectivity index (χ0n) is 27.4. The van der Waals surface area contributed by atoms with Crippen LogP contribution in [0, 0.1) is 5.92 Å². The van der Waals surface area contributed by atoms with Crippen molar-refractivity contribution in [3.8, 4) is 34.3 Å². The van der Waals surface area contributed by atoms with E-state index in [4.69, 9.17) is 14.5 Å². The predicted octanol–water partition coefficient (Wildman–Crippen LogP) is 8.90. The summed E-state index contributed by atoms with van der Waals surface area (Å²) in [5.41, 5.74) is 12.5. The molecule has 4 nitrogen and oxygen atoms in total. The van der Waals surface area contributed by atoms with Crippen molar-refractivity contribution in [1.82, 2.24) is 4.98 Å². The van der Waals surface area contributed by atoms with Crippen molar-refractivity contribution in [3.63, 3.8) is 0 Å². The molecule has 10 rings (SSSR count). The first-order valence-electron chi connectivity index (χ1n) is 17.1. The standard InChI is InChI=1S/C43H35BN2O2/c1-42(2)25-29-26-43(29,3)34-22-27(14-17-33(34)42)28-15-18-35-38(23-28)47-37-20-21-45-41-40(37)44(35)36-19-16-32(24-39(36)48-41)46(30-10-6-4-7-11-30)31-12-8-5-9-13-31/h4-24,29H,25-26H2,1-3H3. The van der Waals surface area contributed by atoms with Crippen molar-refractivity contribution in [2.75, 3.05) is 4.90 Å². The molecule has 3 heterocycles. The second-order valence-electron chi connectivity index (χ2n) is 14.8. The highest BCUT2D eigenvalue weighted by atomic mass is 16.5. The number of rotatable bonds is 4. The molecule has 0 saturated heterocycles. The minimum atomic E-state index is -0.0448. The molecule has 6 aromatic rings. The topological polar surface area (TPSA) is 34.6 Å². The zero-order valence-corrected chi connectivity index (χ0v) is 27.4.